The highest BCUT2D eigenvalue weighted by Crippen LogP contribution is 2.08. The summed E-state index contributed by atoms with van der Waals surface area (Å²) in [5, 5.41) is 10.9. The number of nitrogens with two attached hydrogens (primary N) is 1. The number of carbonyl (C=O) groups excluding carboxylic acids is 1. The Morgan fingerprint density at radius 2 is 2.00 bits per heavy atom. The zero-order valence-electron chi connectivity index (χ0n) is 8.20. The second-order valence-electron chi connectivity index (χ2n) is 3.68. The molecule has 0 aromatic rings. The van der Waals surface area contributed by atoms with Crippen molar-refractivity contribution in [3.63, 3.8) is 0 Å². The Morgan fingerprint density at radius 1 is 1.46 bits per heavy atom. The Labute approximate surface area is 77.6 Å². The second kappa shape index (κ2) is 4.69. The Morgan fingerprint density at radius 3 is 2.38 bits per heavy atom. The van der Waals surface area contributed by atoms with Gasteiger partial charge in [-0.2, -0.15) is 0 Å². The molecule has 0 rings (SSSR count). The lowest BCUT2D eigenvalue weighted by Crippen LogP contribution is -2.24. The minimum Gasteiger partial charge on any atom is -0.460 e. The molecular weight excluding hydrogens is 172 g/mol. The van der Waals surface area contributed by atoms with Crippen LogP contribution in [0.2, 0.25) is 0 Å². The van der Waals surface area contributed by atoms with Crippen LogP contribution in [0.15, 0.2) is 5.16 Å². The van der Waals surface area contributed by atoms with Crippen LogP contribution in [-0.2, 0) is 9.53 Å². The third kappa shape index (κ3) is 7.11. The Bertz CT molecular complexity index is 206. The third-order valence-corrected chi connectivity index (χ3v) is 1.13. The smallest absolute Gasteiger partial charge is 0.306 e. The lowest BCUT2D eigenvalue weighted by molar-refractivity contribution is -0.154. The maximum atomic E-state index is 11.1. The van der Waals surface area contributed by atoms with E-state index in [9.17, 15) is 4.79 Å². The van der Waals surface area contributed by atoms with Crippen molar-refractivity contribution in [2.75, 3.05) is 0 Å². The first-order valence-corrected chi connectivity index (χ1v) is 4.03. The van der Waals surface area contributed by atoms with Crippen LogP contribution in [0.25, 0.3) is 0 Å². The van der Waals surface area contributed by atoms with Gasteiger partial charge in [-0.15, -0.1) is 0 Å². The Kier molecular flexibility index (Phi) is 4.23. The van der Waals surface area contributed by atoms with Crippen molar-refractivity contribution >= 4 is 11.8 Å². The number of oxime groups is 1. The van der Waals surface area contributed by atoms with E-state index in [0.29, 0.717) is 0 Å². The predicted octanol–water partition coefficient (Wildman–Crippen LogP) is 0.855. The quantitative estimate of drug-likeness (QED) is 0.226. The molecule has 0 aromatic carbocycles. The maximum absolute atomic E-state index is 11.1. The second-order valence-corrected chi connectivity index (χ2v) is 3.68. The molecule has 5 heteroatoms. The van der Waals surface area contributed by atoms with Gasteiger partial charge >= 0.3 is 5.97 Å². The normalized spacial score (nSPS) is 12.7. The number of carbonyl (C=O) groups is 1. The van der Waals surface area contributed by atoms with E-state index in [4.69, 9.17) is 15.7 Å². The van der Waals surface area contributed by atoms with E-state index in [1.807, 2.05) is 0 Å². The highest BCUT2D eigenvalue weighted by atomic mass is 16.6. The maximum Gasteiger partial charge on any atom is 0.306 e. The monoisotopic (exact) mass is 188 g/mol. The van der Waals surface area contributed by atoms with Crippen molar-refractivity contribution in [3.8, 4) is 0 Å². The molecule has 0 fully saturated rings. The molecular formula is C8H16N2O3. The van der Waals surface area contributed by atoms with Gasteiger partial charge in [0.1, 0.15) is 11.4 Å². The first kappa shape index (κ1) is 11.7. The number of nitrogens with zero attached hydrogens (tertiary/aromatic N) is 1. The summed E-state index contributed by atoms with van der Waals surface area (Å²) in [6, 6.07) is 0. The molecule has 3 N–H and O–H groups in total. The lowest BCUT2D eigenvalue weighted by atomic mass is 10.2. The topological polar surface area (TPSA) is 84.9 Å². The zero-order valence-corrected chi connectivity index (χ0v) is 8.20. The number of ether oxygens (including phenoxy) is 1. The average Bonchev–Trinajstić information content (AvgIpc) is 1.97. The van der Waals surface area contributed by atoms with Gasteiger partial charge in [0, 0.05) is 6.42 Å². The van der Waals surface area contributed by atoms with E-state index in [1.54, 1.807) is 20.8 Å². The van der Waals surface area contributed by atoms with Crippen LogP contribution in [0.3, 0.4) is 0 Å². The van der Waals surface area contributed by atoms with Crippen LogP contribution in [0.4, 0.5) is 0 Å². The van der Waals surface area contributed by atoms with Crippen LogP contribution < -0.4 is 5.73 Å². The van der Waals surface area contributed by atoms with Crippen LogP contribution in [0.1, 0.15) is 33.6 Å². The minimum atomic E-state index is -0.484. The molecule has 0 bridgehead atoms. The van der Waals surface area contributed by atoms with Gasteiger partial charge in [-0.05, 0) is 20.8 Å². The van der Waals surface area contributed by atoms with Crippen molar-refractivity contribution < 1.29 is 14.7 Å². The van der Waals surface area contributed by atoms with Gasteiger partial charge in [-0.1, -0.05) is 5.16 Å². The van der Waals surface area contributed by atoms with Crippen LogP contribution in [0, 0.1) is 0 Å². The van der Waals surface area contributed by atoms with E-state index in [0.717, 1.165) is 0 Å². The number of rotatable bonds is 3. The molecule has 76 valence electrons. The fourth-order valence-electron chi connectivity index (χ4n) is 0.673. The summed E-state index contributed by atoms with van der Waals surface area (Å²) in [4.78, 5) is 11.1. The van der Waals surface area contributed by atoms with Crippen molar-refractivity contribution in [1.29, 1.82) is 0 Å². The Balaban J connectivity index is 3.77. The molecule has 0 heterocycles. The molecule has 0 amide bonds. The number of amidine groups is 1. The van der Waals surface area contributed by atoms with E-state index < -0.39 is 5.60 Å². The third-order valence-electron chi connectivity index (χ3n) is 1.13. The van der Waals surface area contributed by atoms with Gasteiger partial charge in [0.05, 0.1) is 6.42 Å². The highest BCUT2D eigenvalue weighted by Gasteiger charge is 2.15. The summed E-state index contributed by atoms with van der Waals surface area (Å²) in [5.41, 5.74) is 4.69. The molecule has 0 aliphatic heterocycles. The van der Waals surface area contributed by atoms with Gasteiger partial charge in [0.15, 0.2) is 0 Å². The molecule has 0 aliphatic carbocycles. The zero-order chi connectivity index (χ0) is 10.5. The van der Waals surface area contributed by atoms with E-state index in [2.05, 4.69) is 5.16 Å². The summed E-state index contributed by atoms with van der Waals surface area (Å²) >= 11 is 0. The fraction of sp³-hybridized carbons (Fsp3) is 0.750. The molecule has 0 aliphatic rings. The Hall–Kier alpha value is -1.26. The molecule has 5 nitrogen and oxygen atoms in total. The van der Waals surface area contributed by atoms with Crippen LogP contribution in [0.5, 0.6) is 0 Å². The summed E-state index contributed by atoms with van der Waals surface area (Å²) in [6.45, 7) is 5.36. The molecule has 0 atom stereocenters. The molecule has 13 heavy (non-hydrogen) atoms. The van der Waals surface area contributed by atoms with Crippen LogP contribution in [-0.4, -0.2) is 22.6 Å². The van der Waals surface area contributed by atoms with E-state index >= 15 is 0 Å². The first-order chi connectivity index (χ1) is 5.85. The average molecular weight is 188 g/mol. The molecule has 0 aromatic heterocycles. The van der Waals surface area contributed by atoms with Crippen molar-refractivity contribution in [1.82, 2.24) is 0 Å². The van der Waals surface area contributed by atoms with E-state index in [1.165, 1.54) is 0 Å². The van der Waals surface area contributed by atoms with Crippen molar-refractivity contribution in [2.45, 2.75) is 39.2 Å². The number of hydrogen-bond acceptors (Lipinski definition) is 4. The van der Waals surface area contributed by atoms with Crippen molar-refractivity contribution in [2.24, 2.45) is 10.9 Å². The van der Waals surface area contributed by atoms with Gasteiger partial charge in [0.25, 0.3) is 0 Å². The predicted molar refractivity (Wildman–Crippen MR) is 48.5 cm³/mol. The molecule has 0 radical (unpaired) electrons. The van der Waals surface area contributed by atoms with Gasteiger partial charge < -0.3 is 15.7 Å². The number of hydrogen-bond donors (Lipinski definition) is 2. The largest absolute Gasteiger partial charge is 0.460 e. The van der Waals surface area contributed by atoms with Gasteiger partial charge in [0.2, 0.25) is 0 Å². The summed E-state index contributed by atoms with van der Waals surface area (Å²) in [6.07, 6.45) is 0.346. The standard InChI is InChI=1S/C8H16N2O3/c1-8(2,3)13-7(11)5-4-6(9)10-12/h12H,4-5H2,1-3H3,(H2,9,10). The highest BCUT2D eigenvalue weighted by molar-refractivity contribution is 5.83. The fourth-order valence-corrected chi connectivity index (χ4v) is 0.673. The SMILES string of the molecule is CC(C)(C)OC(=O)CC/C(N)=N\O. The van der Waals surface area contributed by atoms with Gasteiger partial charge in [-0.3, -0.25) is 4.79 Å². The number of esters is 1. The van der Waals surface area contributed by atoms with Crippen LogP contribution >= 0.6 is 0 Å². The summed E-state index contributed by atoms with van der Waals surface area (Å²) in [7, 11) is 0. The first-order valence-electron chi connectivity index (χ1n) is 4.03. The lowest BCUT2D eigenvalue weighted by Gasteiger charge is -2.19. The molecule has 0 saturated heterocycles. The molecule has 0 saturated carbocycles. The summed E-state index contributed by atoms with van der Waals surface area (Å²) in [5.74, 6) is -0.315. The van der Waals surface area contributed by atoms with E-state index in [-0.39, 0.29) is 24.6 Å². The molecule has 0 unspecified atom stereocenters. The van der Waals surface area contributed by atoms with Gasteiger partial charge in [-0.25, -0.2) is 0 Å². The summed E-state index contributed by atoms with van der Waals surface area (Å²) < 4.78 is 5.00. The minimum absolute atomic E-state index is 0.0332. The molecule has 0 spiro atoms. The van der Waals surface area contributed by atoms with Crippen molar-refractivity contribution in [3.05, 3.63) is 0 Å².